The standard InChI is InChI=1S/C10H13NO/c1-8(12)10-6-4-3-5-9(10)7-11-2/h3-6,11H,7H2,1-2H3. The highest BCUT2D eigenvalue weighted by Gasteiger charge is 2.03. The Morgan fingerprint density at radius 2 is 2.08 bits per heavy atom. The van der Waals surface area contributed by atoms with Crippen LogP contribution in [0.25, 0.3) is 0 Å². The zero-order valence-corrected chi connectivity index (χ0v) is 7.42. The molecule has 0 bridgehead atoms. The Balaban J connectivity index is 3.00. The Bertz CT molecular complexity index is 281. The molecule has 0 fully saturated rings. The van der Waals surface area contributed by atoms with Gasteiger partial charge in [0, 0.05) is 12.1 Å². The molecule has 1 rings (SSSR count). The first-order chi connectivity index (χ1) is 5.75. The summed E-state index contributed by atoms with van der Waals surface area (Å²) < 4.78 is 0. The summed E-state index contributed by atoms with van der Waals surface area (Å²) in [6, 6.07) is 7.65. The average Bonchev–Trinajstić information content (AvgIpc) is 2.05. The second-order valence-electron chi connectivity index (χ2n) is 2.74. The van der Waals surface area contributed by atoms with Gasteiger partial charge in [0.25, 0.3) is 0 Å². The van der Waals surface area contributed by atoms with Crippen LogP contribution in [0.3, 0.4) is 0 Å². The first kappa shape index (κ1) is 8.94. The Hall–Kier alpha value is -1.15. The lowest BCUT2D eigenvalue weighted by Gasteiger charge is -2.04. The van der Waals surface area contributed by atoms with Crippen LogP contribution in [0.5, 0.6) is 0 Å². The van der Waals surface area contributed by atoms with Crippen LogP contribution in [-0.2, 0) is 6.54 Å². The smallest absolute Gasteiger partial charge is 0.160 e. The number of benzene rings is 1. The topological polar surface area (TPSA) is 29.1 Å². The number of hydrogen-bond donors (Lipinski definition) is 1. The van der Waals surface area contributed by atoms with Gasteiger partial charge < -0.3 is 5.32 Å². The van der Waals surface area contributed by atoms with Crippen molar-refractivity contribution in [1.82, 2.24) is 5.32 Å². The maximum atomic E-state index is 11.1. The van der Waals surface area contributed by atoms with Crippen LogP contribution in [0.1, 0.15) is 22.8 Å². The van der Waals surface area contributed by atoms with Crippen LogP contribution in [-0.4, -0.2) is 12.8 Å². The molecule has 2 nitrogen and oxygen atoms in total. The molecule has 1 N–H and O–H groups in total. The van der Waals surface area contributed by atoms with E-state index in [9.17, 15) is 4.79 Å². The SMILES string of the molecule is CNCc1ccccc1C(C)=O. The number of nitrogens with one attached hydrogen (secondary N) is 1. The zero-order valence-electron chi connectivity index (χ0n) is 7.42. The van der Waals surface area contributed by atoms with Crippen molar-refractivity contribution in [1.29, 1.82) is 0 Å². The number of carbonyl (C=O) groups excluding carboxylic acids is 1. The monoisotopic (exact) mass is 163 g/mol. The van der Waals surface area contributed by atoms with Crippen molar-refractivity contribution in [2.45, 2.75) is 13.5 Å². The lowest BCUT2D eigenvalue weighted by Crippen LogP contribution is -2.09. The summed E-state index contributed by atoms with van der Waals surface area (Å²) in [5.41, 5.74) is 1.87. The molecule has 2 heteroatoms. The highest BCUT2D eigenvalue weighted by molar-refractivity contribution is 5.95. The van der Waals surface area contributed by atoms with E-state index in [2.05, 4.69) is 5.32 Å². The van der Waals surface area contributed by atoms with Crippen LogP contribution >= 0.6 is 0 Å². The van der Waals surface area contributed by atoms with Gasteiger partial charge in [0.2, 0.25) is 0 Å². The summed E-state index contributed by atoms with van der Waals surface area (Å²) in [4.78, 5) is 11.1. The normalized spacial score (nSPS) is 9.83. The summed E-state index contributed by atoms with van der Waals surface area (Å²) in [5.74, 6) is 0.126. The predicted octanol–water partition coefficient (Wildman–Crippen LogP) is 1.61. The van der Waals surface area contributed by atoms with Crippen LogP contribution in [0.15, 0.2) is 24.3 Å². The molecular weight excluding hydrogens is 150 g/mol. The summed E-state index contributed by atoms with van der Waals surface area (Å²) >= 11 is 0. The molecule has 0 aromatic heterocycles. The van der Waals surface area contributed by atoms with E-state index in [1.807, 2.05) is 31.3 Å². The van der Waals surface area contributed by atoms with Crippen LogP contribution in [0.2, 0.25) is 0 Å². The van der Waals surface area contributed by atoms with Gasteiger partial charge in [-0.1, -0.05) is 24.3 Å². The van der Waals surface area contributed by atoms with E-state index in [-0.39, 0.29) is 5.78 Å². The van der Waals surface area contributed by atoms with Gasteiger partial charge in [0.15, 0.2) is 5.78 Å². The molecule has 0 radical (unpaired) electrons. The van der Waals surface area contributed by atoms with Gasteiger partial charge in [0.05, 0.1) is 0 Å². The Morgan fingerprint density at radius 1 is 1.42 bits per heavy atom. The highest BCUT2D eigenvalue weighted by atomic mass is 16.1. The van der Waals surface area contributed by atoms with Crippen molar-refractivity contribution in [3.63, 3.8) is 0 Å². The van der Waals surface area contributed by atoms with E-state index in [1.165, 1.54) is 0 Å². The van der Waals surface area contributed by atoms with Crippen LogP contribution in [0.4, 0.5) is 0 Å². The van der Waals surface area contributed by atoms with Crippen molar-refractivity contribution in [3.05, 3.63) is 35.4 Å². The molecule has 0 aliphatic heterocycles. The van der Waals surface area contributed by atoms with Gasteiger partial charge in [-0.05, 0) is 19.5 Å². The van der Waals surface area contributed by atoms with Gasteiger partial charge in [-0.2, -0.15) is 0 Å². The molecule has 0 aliphatic rings. The molecule has 12 heavy (non-hydrogen) atoms. The number of rotatable bonds is 3. The molecule has 0 saturated carbocycles. The molecular formula is C10H13NO. The molecule has 0 saturated heterocycles. The maximum absolute atomic E-state index is 11.1. The van der Waals surface area contributed by atoms with E-state index in [1.54, 1.807) is 6.92 Å². The molecule has 0 atom stereocenters. The second-order valence-corrected chi connectivity index (χ2v) is 2.74. The summed E-state index contributed by atoms with van der Waals surface area (Å²) in [7, 11) is 1.87. The number of hydrogen-bond acceptors (Lipinski definition) is 2. The van der Waals surface area contributed by atoms with E-state index < -0.39 is 0 Å². The lowest BCUT2D eigenvalue weighted by molar-refractivity contribution is 0.101. The third-order valence-electron chi connectivity index (χ3n) is 1.76. The minimum Gasteiger partial charge on any atom is -0.316 e. The fraction of sp³-hybridized carbons (Fsp3) is 0.300. The lowest BCUT2D eigenvalue weighted by atomic mass is 10.0. The summed E-state index contributed by atoms with van der Waals surface area (Å²) in [6.07, 6.45) is 0. The molecule has 0 spiro atoms. The molecule has 64 valence electrons. The quantitative estimate of drug-likeness (QED) is 0.686. The van der Waals surface area contributed by atoms with Gasteiger partial charge in [-0.3, -0.25) is 4.79 Å². The fourth-order valence-corrected chi connectivity index (χ4v) is 1.21. The fourth-order valence-electron chi connectivity index (χ4n) is 1.21. The van der Waals surface area contributed by atoms with E-state index in [4.69, 9.17) is 0 Å². The summed E-state index contributed by atoms with van der Waals surface area (Å²) in [6.45, 7) is 2.34. The van der Waals surface area contributed by atoms with Crippen molar-refractivity contribution in [3.8, 4) is 0 Å². The van der Waals surface area contributed by atoms with Gasteiger partial charge >= 0.3 is 0 Å². The van der Waals surface area contributed by atoms with E-state index >= 15 is 0 Å². The molecule has 1 aromatic carbocycles. The third kappa shape index (κ3) is 1.92. The molecule has 0 aliphatic carbocycles. The van der Waals surface area contributed by atoms with Crippen molar-refractivity contribution in [2.24, 2.45) is 0 Å². The predicted molar refractivity (Wildman–Crippen MR) is 49.2 cm³/mol. The largest absolute Gasteiger partial charge is 0.316 e. The minimum absolute atomic E-state index is 0.126. The van der Waals surface area contributed by atoms with Gasteiger partial charge in [-0.15, -0.1) is 0 Å². The maximum Gasteiger partial charge on any atom is 0.160 e. The number of carbonyl (C=O) groups is 1. The average molecular weight is 163 g/mol. The van der Waals surface area contributed by atoms with Gasteiger partial charge in [-0.25, -0.2) is 0 Å². The number of ketones is 1. The molecule has 1 aromatic rings. The van der Waals surface area contributed by atoms with Crippen molar-refractivity contribution >= 4 is 5.78 Å². The van der Waals surface area contributed by atoms with Crippen LogP contribution < -0.4 is 5.32 Å². The molecule has 0 unspecified atom stereocenters. The highest BCUT2D eigenvalue weighted by Crippen LogP contribution is 2.08. The first-order valence-electron chi connectivity index (χ1n) is 3.99. The molecule has 0 amide bonds. The zero-order chi connectivity index (χ0) is 8.97. The van der Waals surface area contributed by atoms with Crippen molar-refractivity contribution < 1.29 is 4.79 Å². The Kier molecular flexibility index (Phi) is 3.00. The first-order valence-corrected chi connectivity index (χ1v) is 3.99. The van der Waals surface area contributed by atoms with Crippen LogP contribution in [0, 0.1) is 0 Å². The summed E-state index contributed by atoms with van der Waals surface area (Å²) in [5, 5.41) is 3.03. The van der Waals surface area contributed by atoms with E-state index in [0.717, 1.165) is 17.7 Å². The van der Waals surface area contributed by atoms with E-state index in [0.29, 0.717) is 0 Å². The Morgan fingerprint density at radius 3 is 2.67 bits per heavy atom. The number of Topliss-reactive ketones (excluding diaryl/α,β-unsaturated/α-hetero) is 1. The van der Waals surface area contributed by atoms with Crippen molar-refractivity contribution in [2.75, 3.05) is 7.05 Å². The third-order valence-corrected chi connectivity index (χ3v) is 1.76. The Labute approximate surface area is 72.6 Å². The minimum atomic E-state index is 0.126. The molecule has 0 heterocycles. The second kappa shape index (κ2) is 4.02. The van der Waals surface area contributed by atoms with Gasteiger partial charge in [0.1, 0.15) is 0 Å².